The number of hydrogen-bond donors (Lipinski definition) is 1. The van der Waals surface area contributed by atoms with E-state index in [2.05, 4.69) is 20.8 Å². The van der Waals surface area contributed by atoms with Gasteiger partial charge in [0.15, 0.2) is 5.82 Å². The van der Waals surface area contributed by atoms with Gasteiger partial charge < -0.3 is 5.73 Å². The summed E-state index contributed by atoms with van der Waals surface area (Å²) in [5.41, 5.74) is 6.61. The zero-order valence-electron chi connectivity index (χ0n) is 17.2. The molecule has 2 N–H and O–H groups in total. The summed E-state index contributed by atoms with van der Waals surface area (Å²) in [4.78, 5) is 25.3. The van der Waals surface area contributed by atoms with Crippen LogP contribution in [0.3, 0.4) is 0 Å². The van der Waals surface area contributed by atoms with Crippen LogP contribution < -0.4 is 5.73 Å². The van der Waals surface area contributed by atoms with Crippen molar-refractivity contribution in [3.8, 4) is 0 Å². The summed E-state index contributed by atoms with van der Waals surface area (Å²) >= 11 is 0. The Morgan fingerprint density at radius 2 is 1.97 bits per heavy atom. The molecular formula is C21H24FN5O2S. The molecule has 30 heavy (non-hydrogen) atoms. The maximum Gasteiger partial charge on any atom is 0.204 e. The predicted molar refractivity (Wildman–Crippen MR) is 115 cm³/mol. The van der Waals surface area contributed by atoms with E-state index in [4.69, 9.17) is 5.73 Å². The Labute approximate surface area is 175 Å². The Morgan fingerprint density at radius 1 is 1.33 bits per heavy atom. The van der Waals surface area contributed by atoms with Crippen molar-refractivity contribution in [1.29, 1.82) is 0 Å². The van der Waals surface area contributed by atoms with Crippen LogP contribution in [-0.4, -0.2) is 47.9 Å². The standard InChI is InChI=1S/C21H24FN5O2S/c1-13-11-24-18(25-12-13)17(28)10-14-5-6-16(22)15(9-14)20(2)21(7-8-21)30(4,29)27(3)19(23)26-20/h5-6,9,11-12H,4,7-8,10H2,1-3H3,(H2,23,26)/t20-,30?/m1/s1. The molecule has 4 rings (SSSR count). The number of rotatable bonds is 4. The number of aryl methyl sites for hydroxylation is 1. The molecule has 0 bridgehead atoms. The number of aromatic nitrogens is 2. The molecule has 2 aromatic rings. The van der Waals surface area contributed by atoms with Crippen LogP contribution in [0.2, 0.25) is 0 Å². The molecule has 1 aromatic carbocycles. The van der Waals surface area contributed by atoms with E-state index in [0.717, 1.165) is 5.56 Å². The van der Waals surface area contributed by atoms with Gasteiger partial charge in [0, 0.05) is 31.4 Å². The number of aliphatic imine (C=N–C) groups is 1. The van der Waals surface area contributed by atoms with E-state index in [1.54, 1.807) is 38.5 Å². The lowest BCUT2D eigenvalue weighted by Gasteiger charge is -2.45. The molecule has 158 valence electrons. The van der Waals surface area contributed by atoms with Crippen molar-refractivity contribution < 1.29 is 13.4 Å². The van der Waals surface area contributed by atoms with Crippen molar-refractivity contribution in [3.05, 3.63) is 58.9 Å². The molecule has 1 saturated carbocycles. The summed E-state index contributed by atoms with van der Waals surface area (Å²) in [6.07, 6.45) is 4.38. The molecule has 7 nitrogen and oxygen atoms in total. The monoisotopic (exact) mass is 429 g/mol. The number of nitrogens with two attached hydrogens (primary N) is 1. The molecule has 2 aliphatic rings. The molecule has 0 radical (unpaired) electrons. The second kappa shape index (κ2) is 6.60. The number of benzene rings is 1. The molecule has 0 amide bonds. The molecule has 1 aliphatic carbocycles. The lowest BCUT2D eigenvalue weighted by atomic mass is 9.85. The SMILES string of the molecule is C=S1(=O)N(C)C(N)=N[C@](C)(c2cc(CC(=O)c3ncc(C)cn3)ccc2F)C12CC2. The zero-order chi connectivity index (χ0) is 21.9. The number of nitrogens with zero attached hydrogens (tertiary/aromatic N) is 4. The van der Waals surface area contributed by atoms with Crippen LogP contribution in [0, 0.1) is 12.7 Å². The number of carbonyl (C=O) groups is 1. The van der Waals surface area contributed by atoms with Crippen molar-refractivity contribution in [2.45, 2.75) is 43.4 Å². The molecule has 0 saturated heterocycles. The second-order valence-corrected chi connectivity index (χ2v) is 10.8. The van der Waals surface area contributed by atoms with Gasteiger partial charge in [0.2, 0.25) is 11.7 Å². The van der Waals surface area contributed by atoms with Gasteiger partial charge in [0.1, 0.15) is 11.4 Å². The third-order valence-electron chi connectivity index (χ3n) is 6.26. The van der Waals surface area contributed by atoms with E-state index in [9.17, 15) is 9.00 Å². The number of Topliss-reactive ketones (excluding diaryl/α,β-unsaturated/α-hetero) is 1. The lowest BCUT2D eigenvalue weighted by molar-refractivity contribution is 0.0983. The van der Waals surface area contributed by atoms with Crippen LogP contribution in [0.5, 0.6) is 0 Å². The Balaban J connectivity index is 1.75. The summed E-state index contributed by atoms with van der Waals surface area (Å²) in [6, 6.07) is 4.47. The Hall–Kier alpha value is -2.81. The van der Waals surface area contributed by atoms with Crippen LogP contribution in [0.1, 0.15) is 47.1 Å². The molecule has 1 spiro atoms. The lowest BCUT2D eigenvalue weighted by Crippen LogP contribution is -2.58. The van der Waals surface area contributed by atoms with Gasteiger partial charge in [0.25, 0.3) is 0 Å². The largest absolute Gasteiger partial charge is 0.369 e. The highest BCUT2D eigenvalue weighted by atomic mass is 32.2. The van der Waals surface area contributed by atoms with Crippen LogP contribution in [0.25, 0.3) is 0 Å². The van der Waals surface area contributed by atoms with Crippen molar-refractivity contribution in [1.82, 2.24) is 14.3 Å². The minimum absolute atomic E-state index is 0.0122. The Bertz CT molecular complexity index is 1170. The van der Waals surface area contributed by atoms with E-state index in [-0.39, 0.29) is 29.6 Å². The van der Waals surface area contributed by atoms with Crippen molar-refractivity contribution in [2.24, 2.45) is 10.7 Å². The van der Waals surface area contributed by atoms with Gasteiger partial charge >= 0.3 is 0 Å². The number of guanidine groups is 1. The van der Waals surface area contributed by atoms with E-state index < -0.39 is 25.8 Å². The van der Waals surface area contributed by atoms with Gasteiger partial charge in [-0.2, -0.15) is 0 Å². The van der Waals surface area contributed by atoms with E-state index >= 15 is 4.39 Å². The minimum atomic E-state index is -2.81. The van der Waals surface area contributed by atoms with Crippen molar-refractivity contribution >= 4 is 27.3 Å². The van der Waals surface area contributed by atoms with Crippen LogP contribution in [0.15, 0.2) is 35.6 Å². The van der Waals surface area contributed by atoms with E-state index in [1.165, 1.54) is 10.4 Å². The molecular weight excluding hydrogens is 405 g/mol. The van der Waals surface area contributed by atoms with Gasteiger partial charge in [0.05, 0.1) is 14.5 Å². The Kier molecular flexibility index (Phi) is 4.50. The molecule has 2 atom stereocenters. The fourth-order valence-electron chi connectivity index (χ4n) is 4.21. The minimum Gasteiger partial charge on any atom is -0.369 e. The first kappa shape index (κ1) is 20.5. The first-order valence-corrected chi connectivity index (χ1v) is 11.3. The average Bonchev–Trinajstić information content (AvgIpc) is 3.51. The van der Waals surface area contributed by atoms with Crippen LogP contribution in [-0.2, 0) is 21.7 Å². The highest BCUT2D eigenvalue weighted by molar-refractivity contribution is 8.00. The molecule has 9 heteroatoms. The van der Waals surface area contributed by atoms with Gasteiger partial charge in [-0.05, 0) is 55.8 Å². The number of carbonyl (C=O) groups excluding carboxylic acids is 1. The maximum absolute atomic E-state index is 15.0. The highest BCUT2D eigenvalue weighted by Crippen LogP contribution is 2.60. The Morgan fingerprint density at radius 3 is 2.57 bits per heavy atom. The number of halogens is 1. The molecule has 2 heterocycles. The van der Waals surface area contributed by atoms with E-state index in [0.29, 0.717) is 18.4 Å². The van der Waals surface area contributed by atoms with Gasteiger partial charge in [-0.1, -0.05) is 6.07 Å². The fraction of sp³-hybridized carbons (Fsp3) is 0.381. The quantitative estimate of drug-likeness (QED) is 0.592. The second-order valence-electron chi connectivity index (χ2n) is 8.17. The smallest absolute Gasteiger partial charge is 0.204 e. The fourth-order valence-corrected chi connectivity index (χ4v) is 6.59. The summed E-state index contributed by atoms with van der Waals surface area (Å²) in [7, 11) is -1.21. The predicted octanol–water partition coefficient (Wildman–Crippen LogP) is 1.99. The topological polar surface area (TPSA) is 102 Å². The molecule has 1 unspecified atom stereocenters. The highest BCUT2D eigenvalue weighted by Gasteiger charge is 2.67. The third kappa shape index (κ3) is 2.83. The van der Waals surface area contributed by atoms with Crippen molar-refractivity contribution in [2.75, 3.05) is 7.05 Å². The summed E-state index contributed by atoms with van der Waals surface area (Å²) < 4.78 is 29.1. The number of hydrogen-bond acceptors (Lipinski definition) is 6. The molecule has 1 aromatic heterocycles. The summed E-state index contributed by atoms with van der Waals surface area (Å²) in [5.74, 6) is 3.36. The third-order valence-corrected chi connectivity index (χ3v) is 9.35. The van der Waals surface area contributed by atoms with Gasteiger partial charge in [-0.15, -0.1) is 0 Å². The number of ketones is 1. The van der Waals surface area contributed by atoms with Gasteiger partial charge in [-0.25, -0.2) is 23.6 Å². The first-order chi connectivity index (χ1) is 14.0. The van der Waals surface area contributed by atoms with Crippen LogP contribution >= 0.6 is 0 Å². The van der Waals surface area contributed by atoms with Crippen molar-refractivity contribution in [3.63, 3.8) is 0 Å². The summed E-state index contributed by atoms with van der Waals surface area (Å²) in [6.45, 7) is 3.58. The van der Waals surface area contributed by atoms with Crippen LogP contribution in [0.4, 0.5) is 4.39 Å². The van der Waals surface area contributed by atoms with Gasteiger partial charge in [-0.3, -0.25) is 9.10 Å². The average molecular weight is 430 g/mol. The summed E-state index contributed by atoms with van der Waals surface area (Å²) in [5, 5.41) is 0. The normalized spacial score (nSPS) is 27.1. The maximum atomic E-state index is 15.0. The van der Waals surface area contributed by atoms with E-state index in [1.807, 2.05) is 6.92 Å². The molecule has 1 aliphatic heterocycles. The first-order valence-electron chi connectivity index (χ1n) is 9.59. The zero-order valence-corrected chi connectivity index (χ0v) is 18.0. The molecule has 1 fully saturated rings.